The van der Waals surface area contributed by atoms with Gasteiger partial charge in [0.1, 0.15) is 17.5 Å². The smallest absolute Gasteiger partial charge is 0.315 e. The third kappa shape index (κ3) is 4.70. The predicted octanol–water partition coefficient (Wildman–Crippen LogP) is 3.01. The number of rotatable bonds is 5. The van der Waals surface area contributed by atoms with Crippen molar-refractivity contribution in [2.45, 2.75) is 32.9 Å². The van der Waals surface area contributed by atoms with Crippen molar-refractivity contribution >= 4 is 6.03 Å². The minimum Gasteiger partial charge on any atom is -0.332 e. The highest BCUT2D eigenvalue weighted by molar-refractivity contribution is 5.74. The van der Waals surface area contributed by atoms with Gasteiger partial charge >= 0.3 is 6.03 Å². The van der Waals surface area contributed by atoms with Crippen molar-refractivity contribution in [2.24, 2.45) is 0 Å². The zero-order valence-corrected chi connectivity index (χ0v) is 12.9. The molecule has 1 aromatic carbocycles. The Bertz CT molecular complexity index is 694. The second-order valence-electron chi connectivity index (χ2n) is 5.05. The van der Waals surface area contributed by atoms with Gasteiger partial charge in [0, 0.05) is 11.8 Å². The molecule has 2 N–H and O–H groups in total. The van der Waals surface area contributed by atoms with Crippen LogP contribution in [-0.4, -0.2) is 16.0 Å². The lowest BCUT2D eigenvalue weighted by atomic mass is 10.0. The van der Waals surface area contributed by atoms with Gasteiger partial charge in [-0.3, -0.25) is 0 Å². The van der Waals surface area contributed by atoms with Gasteiger partial charge in [-0.15, -0.1) is 0 Å². The standard InChI is InChI=1S/C16H18F2N4O/c1-3-15(13-8-11(17)4-5-14(13)18)22-16(23)20-9-12-6-7-19-10(2)21-12/h4-8,15H,3,9H2,1-2H3,(H2,20,22,23)/t15-/m0/s1. The van der Waals surface area contributed by atoms with Gasteiger partial charge < -0.3 is 10.6 Å². The summed E-state index contributed by atoms with van der Waals surface area (Å²) in [6.45, 7) is 3.75. The van der Waals surface area contributed by atoms with Gasteiger partial charge in [-0.2, -0.15) is 0 Å². The van der Waals surface area contributed by atoms with Crippen LogP contribution in [0.15, 0.2) is 30.5 Å². The number of benzene rings is 1. The second kappa shape index (κ2) is 7.62. The van der Waals surface area contributed by atoms with Gasteiger partial charge in [-0.1, -0.05) is 6.92 Å². The molecule has 0 saturated carbocycles. The topological polar surface area (TPSA) is 66.9 Å². The van der Waals surface area contributed by atoms with E-state index in [2.05, 4.69) is 20.6 Å². The maximum absolute atomic E-state index is 13.8. The number of carbonyl (C=O) groups is 1. The SMILES string of the molecule is CC[C@H](NC(=O)NCc1ccnc(C)n1)c1cc(F)ccc1F. The van der Waals surface area contributed by atoms with Crippen LogP contribution in [-0.2, 0) is 6.54 Å². The molecule has 23 heavy (non-hydrogen) atoms. The summed E-state index contributed by atoms with van der Waals surface area (Å²) < 4.78 is 27.1. The summed E-state index contributed by atoms with van der Waals surface area (Å²) in [6.07, 6.45) is 2.04. The molecule has 0 aliphatic rings. The number of amides is 2. The minimum atomic E-state index is -0.613. The highest BCUT2D eigenvalue weighted by atomic mass is 19.1. The Morgan fingerprint density at radius 1 is 1.30 bits per heavy atom. The van der Waals surface area contributed by atoms with Crippen LogP contribution in [0, 0.1) is 18.6 Å². The number of hydrogen-bond donors (Lipinski definition) is 2. The van der Waals surface area contributed by atoms with Crippen LogP contribution in [0.5, 0.6) is 0 Å². The number of aromatic nitrogens is 2. The quantitative estimate of drug-likeness (QED) is 0.890. The normalized spacial score (nSPS) is 11.8. The van der Waals surface area contributed by atoms with Crippen LogP contribution >= 0.6 is 0 Å². The summed E-state index contributed by atoms with van der Waals surface area (Å²) in [7, 11) is 0. The number of carbonyl (C=O) groups excluding carboxylic acids is 1. The lowest BCUT2D eigenvalue weighted by Gasteiger charge is -2.18. The molecule has 2 aromatic rings. The van der Waals surface area contributed by atoms with E-state index in [4.69, 9.17) is 0 Å². The third-order valence-corrected chi connectivity index (χ3v) is 3.31. The van der Waals surface area contributed by atoms with E-state index >= 15 is 0 Å². The Labute approximate surface area is 133 Å². The average molecular weight is 320 g/mol. The monoisotopic (exact) mass is 320 g/mol. The highest BCUT2D eigenvalue weighted by Gasteiger charge is 2.17. The van der Waals surface area contributed by atoms with E-state index in [1.165, 1.54) is 0 Å². The molecule has 0 radical (unpaired) electrons. The molecule has 1 atom stereocenters. The summed E-state index contributed by atoms with van der Waals surface area (Å²) in [5, 5.41) is 5.27. The first-order valence-corrected chi connectivity index (χ1v) is 7.27. The molecule has 2 amide bonds. The fourth-order valence-corrected chi connectivity index (χ4v) is 2.17. The Kier molecular flexibility index (Phi) is 5.56. The fraction of sp³-hybridized carbons (Fsp3) is 0.312. The molecule has 7 heteroatoms. The zero-order chi connectivity index (χ0) is 16.8. The number of halogens is 2. The van der Waals surface area contributed by atoms with Crippen LogP contribution in [0.3, 0.4) is 0 Å². The van der Waals surface area contributed by atoms with E-state index in [0.29, 0.717) is 17.9 Å². The van der Waals surface area contributed by atoms with Crippen molar-refractivity contribution in [3.63, 3.8) is 0 Å². The minimum absolute atomic E-state index is 0.125. The summed E-state index contributed by atoms with van der Waals surface area (Å²) in [4.78, 5) is 20.1. The molecule has 1 heterocycles. The van der Waals surface area contributed by atoms with E-state index in [0.717, 1.165) is 18.2 Å². The summed E-state index contributed by atoms with van der Waals surface area (Å²) in [5.74, 6) is -0.485. The van der Waals surface area contributed by atoms with Gasteiger partial charge in [-0.25, -0.2) is 23.5 Å². The van der Waals surface area contributed by atoms with Gasteiger partial charge in [0.05, 0.1) is 18.3 Å². The summed E-state index contributed by atoms with van der Waals surface area (Å²) in [6, 6.07) is 3.79. The number of aryl methyl sites for hydroxylation is 1. The van der Waals surface area contributed by atoms with E-state index < -0.39 is 23.7 Å². The van der Waals surface area contributed by atoms with Gasteiger partial charge in [0.15, 0.2) is 0 Å². The van der Waals surface area contributed by atoms with Gasteiger partial charge in [-0.05, 0) is 37.6 Å². The molecule has 0 bridgehead atoms. The van der Waals surface area contributed by atoms with Gasteiger partial charge in [0.25, 0.3) is 0 Å². The summed E-state index contributed by atoms with van der Waals surface area (Å²) in [5.41, 5.74) is 0.790. The van der Waals surface area contributed by atoms with Crippen molar-refractivity contribution in [1.82, 2.24) is 20.6 Å². The molecule has 0 aliphatic carbocycles. The van der Waals surface area contributed by atoms with Crippen LogP contribution in [0.2, 0.25) is 0 Å². The van der Waals surface area contributed by atoms with Crippen molar-refractivity contribution in [3.8, 4) is 0 Å². The predicted molar refractivity (Wildman–Crippen MR) is 81.5 cm³/mol. The number of nitrogens with zero attached hydrogens (tertiary/aromatic N) is 2. The van der Waals surface area contributed by atoms with Crippen molar-refractivity contribution in [3.05, 3.63) is 59.2 Å². The molecular weight excluding hydrogens is 302 g/mol. The number of hydrogen-bond acceptors (Lipinski definition) is 3. The first-order chi connectivity index (χ1) is 11.0. The zero-order valence-electron chi connectivity index (χ0n) is 12.9. The highest BCUT2D eigenvalue weighted by Crippen LogP contribution is 2.21. The third-order valence-electron chi connectivity index (χ3n) is 3.31. The molecule has 0 aliphatic heterocycles. The Morgan fingerprint density at radius 2 is 2.09 bits per heavy atom. The number of urea groups is 1. The summed E-state index contributed by atoms with van der Waals surface area (Å²) >= 11 is 0. The molecule has 122 valence electrons. The van der Waals surface area contributed by atoms with Crippen molar-refractivity contribution < 1.29 is 13.6 Å². The molecule has 0 unspecified atom stereocenters. The Hall–Kier alpha value is -2.57. The molecular formula is C16H18F2N4O. The Morgan fingerprint density at radius 3 is 2.78 bits per heavy atom. The van der Waals surface area contributed by atoms with Gasteiger partial charge in [0.2, 0.25) is 0 Å². The fourth-order valence-electron chi connectivity index (χ4n) is 2.17. The largest absolute Gasteiger partial charge is 0.332 e. The average Bonchev–Trinajstić information content (AvgIpc) is 2.53. The molecule has 5 nitrogen and oxygen atoms in total. The van der Waals surface area contributed by atoms with Crippen molar-refractivity contribution in [1.29, 1.82) is 0 Å². The van der Waals surface area contributed by atoms with Crippen LogP contribution in [0.1, 0.15) is 36.5 Å². The van der Waals surface area contributed by atoms with E-state index in [9.17, 15) is 13.6 Å². The van der Waals surface area contributed by atoms with Crippen LogP contribution in [0.25, 0.3) is 0 Å². The molecule has 0 saturated heterocycles. The molecule has 2 rings (SSSR count). The van der Waals surface area contributed by atoms with E-state index in [1.807, 2.05) is 0 Å². The molecule has 1 aromatic heterocycles. The first-order valence-electron chi connectivity index (χ1n) is 7.27. The lowest BCUT2D eigenvalue weighted by Crippen LogP contribution is -2.38. The first kappa shape index (κ1) is 16.8. The lowest BCUT2D eigenvalue weighted by molar-refractivity contribution is 0.236. The second-order valence-corrected chi connectivity index (χ2v) is 5.05. The number of nitrogens with one attached hydrogen (secondary N) is 2. The molecule has 0 spiro atoms. The maximum atomic E-state index is 13.8. The van der Waals surface area contributed by atoms with E-state index in [1.54, 1.807) is 26.1 Å². The Balaban J connectivity index is 1.98. The van der Waals surface area contributed by atoms with Crippen molar-refractivity contribution in [2.75, 3.05) is 0 Å². The molecule has 0 fully saturated rings. The van der Waals surface area contributed by atoms with E-state index in [-0.39, 0.29) is 12.1 Å². The van der Waals surface area contributed by atoms with Crippen LogP contribution < -0.4 is 10.6 Å². The maximum Gasteiger partial charge on any atom is 0.315 e. The van der Waals surface area contributed by atoms with Crippen LogP contribution in [0.4, 0.5) is 13.6 Å².